The first-order valence-corrected chi connectivity index (χ1v) is 4.86. The lowest BCUT2D eigenvalue weighted by atomic mass is 9.82. The third-order valence-corrected chi connectivity index (χ3v) is 2.67. The Bertz CT molecular complexity index is 280. The van der Waals surface area contributed by atoms with E-state index in [4.69, 9.17) is 0 Å². The van der Waals surface area contributed by atoms with Crippen molar-refractivity contribution in [3.8, 4) is 0 Å². The molecule has 2 N–H and O–H groups in total. The molecule has 15 heavy (non-hydrogen) atoms. The largest absolute Gasteiger partial charge is 0.349 e. The molecule has 0 saturated carbocycles. The van der Waals surface area contributed by atoms with E-state index >= 15 is 0 Å². The summed E-state index contributed by atoms with van der Waals surface area (Å²) in [5.41, 5.74) is -1.08. The Hall–Kier alpha value is -1.32. The van der Waals surface area contributed by atoms with Gasteiger partial charge in [-0.1, -0.05) is 6.58 Å². The number of hydrogen-bond donors (Lipinski definition) is 2. The fourth-order valence-corrected chi connectivity index (χ4v) is 1.11. The van der Waals surface area contributed by atoms with Gasteiger partial charge >= 0.3 is 0 Å². The quantitative estimate of drug-likeness (QED) is 0.682. The van der Waals surface area contributed by atoms with Gasteiger partial charge in [0.15, 0.2) is 0 Å². The van der Waals surface area contributed by atoms with E-state index in [0.717, 1.165) is 0 Å². The second kappa shape index (κ2) is 4.47. The lowest BCUT2D eigenvalue weighted by molar-refractivity contribution is -0.124. The third kappa shape index (κ3) is 3.73. The Kier molecular flexibility index (Phi) is 4.07. The van der Waals surface area contributed by atoms with E-state index in [2.05, 4.69) is 17.2 Å². The van der Waals surface area contributed by atoms with Gasteiger partial charge in [-0.3, -0.25) is 9.59 Å². The normalized spacial score (nSPS) is 11.8. The minimum atomic E-state index is -0.552. The average Bonchev–Trinajstić information content (AvgIpc) is 2.00. The zero-order valence-corrected chi connectivity index (χ0v) is 10.1. The summed E-state index contributed by atoms with van der Waals surface area (Å²) in [5, 5.41) is 5.58. The number of amides is 2. The van der Waals surface area contributed by atoms with Crippen LogP contribution in [0.5, 0.6) is 0 Å². The molecule has 0 atom stereocenters. The fourth-order valence-electron chi connectivity index (χ4n) is 1.11. The Morgan fingerprint density at radius 1 is 1.07 bits per heavy atom. The van der Waals surface area contributed by atoms with Crippen molar-refractivity contribution in [1.82, 2.24) is 10.6 Å². The first-order valence-electron chi connectivity index (χ1n) is 4.86. The van der Waals surface area contributed by atoms with Gasteiger partial charge in [0.1, 0.15) is 0 Å². The Morgan fingerprint density at radius 3 is 1.80 bits per heavy atom. The van der Waals surface area contributed by atoms with Crippen LogP contribution in [-0.2, 0) is 9.59 Å². The van der Waals surface area contributed by atoms with Crippen LogP contribution in [-0.4, -0.2) is 22.9 Å². The highest BCUT2D eigenvalue weighted by Crippen LogP contribution is 2.20. The molecule has 0 aliphatic heterocycles. The third-order valence-electron chi connectivity index (χ3n) is 2.67. The predicted molar refractivity (Wildman–Crippen MR) is 60.3 cm³/mol. The van der Waals surface area contributed by atoms with Gasteiger partial charge in [-0.15, -0.1) is 0 Å². The summed E-state index contributed by atoms with van der Waals surface area (Å²) in [5.74, 6) is -0.376. The van der Waals surface area contributed by atoms with Gasteiger partial charge in [0, 0.05) is 6.92 Å². The maximum atomic E-state index is 11.2. The Morgan fingerprint density at radius 2 is 1.47 bits per heavy atom. The minimum Gasteiger partial charge on any atom is -0.349 e. The van der Waals surface area contributed by atoms with Gasteiger partial charge in [-0.25, -0.2) is 0 Å². The average molecular weight is 212 g/mol. The van der Waals surface area contributed by atoms with E-state index in [0.29, 0.717) is 0 Å². The molecule has 0 fully saturated rings. The molecule has 0 bridgehead atoms. The van der Waals surface area contributed by atoms with Gasteiger partial charge in [0.2, 0.25) is 11.8 Å². The molecule has 0 heterocycles. The van der Waals surface area contributed by atoms with Crippen LogP contribution in [0.15, 0.2) is 12.7 Å². The molecular weight excluding hydrogens is 192 g/mol. The first-order chi connectivity index (χ1) is 6.62. The Labute approximate surface area is 91.1 Å². The van der Waals surface area contributed by atoms with Gasteiger partial charge in [0.25, 0.3) is 0 Å². The van der Waals surface area contributed by atoms with Crippen molar-refractivity contribution >= 4 is 11.8 Å². The molecule has 0 spiro atoms. The molecule has 4 heteroatoms. The maximum absolute atomic E-state index is 11.2. The monoisotopic (exact) mass is 212 g/mol. The molecule has 4 nitrogen and oxygen atoms in total. The summed E-state index contributed by atoms with van der Waals surface area (Å²) in [6, 6.07) is 0. The summed E-state index contributed by atoms with van der Waals surface area (Å²) in [6.45, 7) is 12.3. The Balaban J connectivity index is 4.75. The molecule has 0 aromatic rings. The van der Waals surface area contributed by atoms with Crippen LogP contribution in [0.3, 0.4) is 0 Å². The maximum Gasteiger partial charge on any atom is 0.243 e. The van der Waals surface area contributed by atoms with Crippen LogP contribution in [0.25, 0.3) is 0 Å². The van der Waals surface area contributed by atoms with Gasteiger partial charge in [-0.05, 0) is 33.8 Å². The van der Waals surface area contributed by atoms with Crippen molar-refractivity contribution in [1.29, 1.82) is 0 Å². The zero-order valence-electron chi connectivity index (χ0n) is 10.1. The summed E-state index contributed by atoms with van der Waals surface area (Å²) in [4.78, 5) is 22.2. The number of nitrogens with one attached hydrogen (secondary N) is 2. The van der Waals surface area contributed by atoms with Crippen molar-refractivity contribution in [2.45, 2.75) is 45.7 Å². The topological polar surface area (TPSA) is 58.2 Å². The highest BCUT2D eigenvalue weighted by atomic mass is 16.2. The summed E-state index contributed by atoms with van der Waals surface area (Å²) in [6.07, 6.45) is 1.21. The fraction of sp³-hybridized carbons (Fsp3) is 0.636. The highest BCUT2D eigenvalue weighted by Gasteiger charge is 2.38. The van der Waals surface area contributed by atoms with Gasteiger partial charge in [0.05, 0.1) is 11.1 Å². The highest BCUT2D eigenvalue weighted by molar-refractivity contribution is 5.87. The first kappa shape index (κ1) is 13.7. The van der Waals surface area contributed by atoms with E-state index in [9.17, 15) is 9.59 Å². The van der Waals surface area contributed by atoms with E-state index in [-0.39, 0.29) is 11.8 Å². The zero-order chi connectivity index (χ0) is 12.3. The summed E-state index contributed by atoms with van der Waals surface area (Å²) >= 11 is 0. The van der Waals surface area contributed by atoms with E-state index < -0.39 is 11.1 Å². The van der Waals surface area contributed by atoms with E-state index in [1.807, 2.05) is 27.7 Å². The van der Waals surface area contributed by atoms with Crippen molar-refractivity contribution < 1.29 is 9.59 Å². The van der Waals surface area contributed by atoms with Gasteiger partial charge < -0.3 is 10.6 Å². The second-order valence-electron chi connectivity index (χ2n) is 4.62. The van der Waals surface area contributed by atoms with Crippen LogP contribution in [0, 0.1) is 0 Å². The molecule has 86 valence electrons. The van der Waals surface area contributed by atoms with Crippen LogP contribution in [0.4, 0.5) is 0 Å². The molecule has 0 aliphatic rings. The molecule has 0 aromatic heterocycles. The second-order valence-corrected chi connectivity index (χ2v) is 4.62. The smallest absolute Gasteiger partial charge is 0.243 e. The van der Waals surface area contributed by atoms with Crippen molar-refractivity contribution in [2.75, 3.05) is 0 Å². The number of carbonyl (C=O) groups excluding carboxylic acids is 2. The lowest BCUT2D eigenvalue weighted by Crippen LogP contribution is -2.64. The van der Waals surface area contributed by atoms with Crippen molar-refractivity contribution in [3.05, 3.63) is 12.7 Å². The lowest BCUT2D eigenvalue weighted by Gasteiger charge is -2.42. The molecule has 0 aromatic carbocycles. The summed E-state index contributed by atoms with van der Waals surface area (Å²) in [7, 11) is 0. The van der Waals surface area contributed by atoms with Crippen molar-refractivity contribution in [2.24, 2.45) is 0 Å². The SMILES string of the molecule is C=CC(=O)NC(C)(C)C(C)(C)NC(C)=O. The molecule has 0 saturated heterocycles. The minimum absolute atomic E-state index is 0.124. The number of hydrogen-bond acceptors (Lipinski definition) is 2. The van der Waals surface area contributed by atoms with E-state index in [1.165, 1.54) is 13.0 Å². The number of rotatable bonds is 4. The molecule has 0 unspecified atom stereocenters. The van der Waals surface area contributed by atoms with Gasteiger partial charge in [-0.2, -0.15) is 0 Å². The molecule has 0 radical (unpaired) electrons. The molecule has 0 aliphatic carbocycles. The van der Waals surface area contributed by atoms with Crippen LogP contribution < -0.4 is 10.6 Å². The van der Waals surface area contributed by atoms with Crippen LogP contribution in [0.1, 0.15) is 34.6 Å². The standard InChI is InChI=1S/C11H20N2O2/c1-7-9(15)13-11(5,6)10(3,4)12-8(2)14/h7H,1H2,2-6H3,(H,12,14)(H,13,15). The van der Waals surface area contributed by atoms with Crippen LogP contribution >= 0.6 is 0 Å². The summed E-state index contributed by atoms with van der Waals surface area (Å²) < 4.78 is 0. The predicted octanol–water partition coefficient (Wildman–Crippen LogP) is 0.982. The molecule has 2 amide bonds. The molecule has 0 rings (SSSR count). The molecular formula is C11H20N2O2. The van der Waals surface area contributed by atoms with Crippen LogP contribution in [0.2, 0.25) is 0 Å². The van der Waals surface area contributed by atoms with E-state index in [1.54, 1.807) is 0 Å². The van der Waals surface area contributed by atoms with Crippen molar-refractivity contribution in [3.63, 3.8) is 0 Å². The number of carbonyl (C=O) groups is 2.